The highest BCUT2D eigenvalue weighted by molar-refractivity contribution is 7.92. The number of amides is 1. The van der Waals surface area contributed by atoms with Gasteiger partial charge in [0, 0.05) is 27.8 Å². The zero-order valence-corrected chi connectivity index (χ0v) is 21.4. The number of rotatable bonds is 10. The second-order valence-electron chi connectivity index (χ2n) is 8.86. The third-order valence-electron chi connectivity index (χ3n) is 6.06. The molecule has 11 heteroatoms. The molecule has 0 bridgehead atoms. The minimum absolute atomic E-state index is 0.131. The van der Waals surface area contributed by atoms with Crippen LogP contribution in [0.4, 0.5) is 5.69 Å². The first-order valence-corrected chi connectivity index (χ1v) is 13.4. The van der Waals surface area contributed by atoms with Crippen molar-refractivity contribution >= 4 is 43.6 Å². The Morgan fingerprint density at radius 2 is 1.86 bits per heavy atom. The van der Waals surface area contributed by atoms with Crippen LogP contribution in [0.5, 0.6) is 5.75 Å². The number of carbonyl (C=O) groups is 1. The molecule has 0 spiro atoms. The predicted molar refractivity (Wildman–Crippen MR) is 141 cm³/mol. The Kier molecular flexibility index (Phi) is 7.35. The maximum absolute atomic E-state index is 13.0. The maximum atomic E-state index is 13.0. The van der Waals surface area contributed by atoms with Gasteiger partial charge in [0.25, 0.3) is 0 Å². The second kappa shape index (κ2) is 10.5. The first-order valence-electron chi connectivity index (χ1n) is 11.5. The average Bonchev–Trinajstić information content (AvgIpc) is 3.21. The van der Waals surface area contributed by atoms with E-state index in [4.69, 9.17) is 9.15 Å². The number of fused-ring (bicyclic) bond motifs is 3. The van der Waals surface area contributed by atoms with Crippen LogP contribution in [0.2, 0.25) is 0 Å². The van der Waals surface area contributed by atoms with Gasteiger partial charge in [-0.05, 0) is 42.3 Å². The summed E-state index contributed by atoms with van der Waals surface area (Å²) < 4.78 is 37.4. The number of hydrogen-bond donors (Lipinski definition) is 2. The third-order valence-corrected chi connectivity index (χ3v) is 6.66. The minimum Gasteiger partial charge on any atom is -0.493 e. The van der Waals surface area contributed by atoms with E-state index in [2.05, 4.69) is 10.0 Å². The lowest BCUT2D eigenvalue weighted by molar-refractivity contribution is -0.483. The molecule has 1 aromatic heterocycles. The molecule has 0 aliphatic heterocycles. The quantitative estimate of drug-likeness (QED) is 0.228. The van der Waals surface area contributed by atoms with Crippen molar-refractivity contribution < 1.29 is 27.3 Å². The first kappa shape index (κ1) is 26.0. The summed E-state index contributed by atoms with van der Waals surface area (Å²) in [5, 5.41) is 15.6. The van der Waals surface area contributed by atoms with Crippen molar-refractivity contribution in [2.24, 2.45) is 0 Å². The Morgan fingerprint density at radius 3 is 2.51 bits per heavy atom. The molecule has 2 N–H and O–H groups in total. The number of methoxy groups -OCH3 is 1. The van der Waals surface area contributed by atoms with E-state index < -0.39 is 27.4 Å². The Morgan fingerprint density at radius 1 is 1.14 bits per heavy atom. The number of ether oxygens (including phenoxy) is 1. The summed E-state index contributed by atoms with van der Waals surface area (Å²) in [6.45, 7) is 1.36. The molecule has 3 aromatic carbocycles. The molecule has 37 heavy (non-hydrogen) atoms. The van der Waals surface area contributed by atoms with Crippen LogP contribution < -0.4 is 14.8 Å². The van der Waals surface area contributed by atoms with Crippen molar-refractivity contribution in [3.8, 4) is 5.75 Å². The van der Waals surface area contributed by atoms with Crippen LogP contribution in [-0.2, 0) is 14.8 Å². The van der Waals surface area contributed by atoms with E-state index in [0.29, 0.717) is 38.9 Å². The molecule has 1 amide bonds. The highest BCUT2D eigenvalue weighted by atomic mass is 32.2. The lowest BCUT2D eigenvalue weighted by Crippen LogP contribution is -2.29. The molecule has 10 nitrogen and oxygen atoms in total. The lowest BCUT2D eigenvalue weighted by atomic mass is 9.90. The molecule has 1 unspecified atom stereocenters. The molecule has 0 aliphatic carbocycles. The fraction of sp³-hybridized carbons (Fsp3) is 0.269. The van der Waals surface area contributed by atoms with Crippen LogP contribution in [0.25, 0.3) is 21.9 Å². The maximum Gasteiger partial charge on any atom is 0.229 e. The molecule has 194 valence electrons. The Labute approximate surface area is 213 Å². The second-order valence-corrected chi connectivity index (χ2v) is 10.6. The van der Waals surface area contributed by atoms with Gasteiger partial charge in [-0.15, -0.1) is 0 Å². The van der Waals surface area contributed by atoms with Crippen molar-refractivity contribution in [2.45, 2.75) is 25.3 Å². The van der Waals surface area contributed by atoms with E-state index in [-0.39, 0.29) is 18.4 Å². The van der Waals surface area contributed by atoms with Crippen molar-refractivity contribution in [1.82, 2.24) is 5.32 Å². The standard InChI is InChI=1S/C26H27N3O7S/c1-16(17-7-5-4-6-8-17)27-24(30)13-18(15-29(31)32)20-10-12-23(35-2)26-25(20)21-14-19(28-37(3,33)34)9-11-22(21)36-26/h4-12,14,16,18,28H,13,15H2,1-3H3,(H,27,30)/t16?,18-/m0/s1. The highest BCUT2D eigenvalue weighted by Gasteiger charge is 2.27. The van der Waals surface area contributed by atoms with E-state index in [9.17, 15) is 23.3 Å². The van der Waals surface area contributed by atoms with Gasteiger partial charge in [-0.2, -0.15) is 0 Å². The molecule has 1 heterocycles. The molecule has 0 fully saturated rings. The van der Waals surface area contributed by atoms with Gasteiger partial charge in [0.15, 0.2) is 11.3 Å². The molecule has 4 aromatic rings. The van der Waals surface area contributed by atoms with Gasteiger partial charge < -0.3 is 14.5 Å². The van der Waals surface area contributed by atoms with Gasteiger partial charge in [-0.1, -0.05) is 36.4 Å². The van der Waals surface area contributed by atoms with E-state index >= 15 is 0 Å². The number of nitrogens with one attached hydrogen (secondary N) is 2. The molecule has 4 rings (SSSR count). The van der Waals surface area contributed by atoms with Crippen molar-refractivity contribution in [1.29, 1.82) is 0 Å². The number of sulfonamides is 1. The smallest absolute Gasteiger partial charge is 0.229 e. The summed E-state index contributed by atoms with van der Waals surface area (Å²) >= 11 is 0. The third kappa shape index (κ3) is 6.00. The summed E-state index contributed by atoms with van der Waals surface area (Å²) in [5.41, 5.74) is 2.57. The predicted octanol–water partition coefficient (Wildman–Crippen LogP) is 4.59. The summed E-state index contributed by atoms with van der Waals surface area (Å²) in [5.74, 6) is -0.701. The SMILES string of the molecule is COc1ccc([C@@H](CC(=O)NC(C)c2ccccc2)C[N+](=O)[O-])c2c1oc1ccc(NS(C)(=O)=O)cc12. The number of nitro groups is 1. The van der Waals surface area contributed by atoms with Gasteiger partial charge in [-0.3, -0.25) is 19.6 Å². The molecule has 0 saturated carbocycles. The molecular formula is C26H27N3O7S. The van der Waals surface area contributed by atoms with Gasteiger partial charge in [0.2, 0.25) is 22.5 Å². The normalized spacial score (nSPS) is 13.3. The van der Waals surface area contributed by atoms with E-state index in [1.54, 1.807) is 30.3 Å². The zero-order chi connectivity index (χ0) is 26.7. The number of nitrogens with zero attached hydrogens (tertiary/aromatic N) is 1. The summed E-state index contributed by atoms with van der Waals surface area (Å²) in [4.78, 5) is 24.2. The lowest BCUT2D eigenvalue weighted by Gasteiger charge is -2.18. The van der Waals surface area contributed by atoms with Gasteiger partial charge >= 0.3 is 0 Å². The Balaban J connectivity index is 1.77. The number of carbonyl (C=O) groups excluding carboxylic acids is 1. The van der Waals surface area contributed by atoms with E-state index in [0.717, 1.165) is 11.8 Å². The van der Waals surface area contributed by atoms with E-state index in [1.807, 2.05) is 37.3 Å². The van der Waals surface area contributed by atoms with Crippen molar-refractivity contribution in [2.75, 3.05) is 24.6 Å². The van der Waals surface area contributed by atoms with Gasteiger partial charge in [-0.25, -0.2) is 8.42 Å². The average molecular weight is 526 g/mol. The van der Waals surface area contributed by atoms with Crippen molar-refractivity contribution in [3.05, 3.63) is 81.9 Å². The van der Waals surface area contributed by atoms with Crippen molar-refractivity contribution in [3.63, 3.8) is 0 Å². The highest BCUT2D eigenvalue weighted by Crippen LogP contribution is 2.41. The number of furan rings is 1. The number of anilines is 1. The molecule has 0 radical (unpaired) electrons. The summed E-state index contributed by atoms with van der Waals surface area (Å²) in [7, 11) is -2.06. The Bertz CT molecular complexity index is 1570. The van der Waals surface area contributed by atoms with Crippen LogP contribution in [0, 0.1) is 10.1 Å². The van der Waals surface area contributed by atoms with Crippen LogP contribution in [0.15, 0.2) is 65.1 Å². The van der Waals surface area contributed by atoms with Gasteiger partial charge in [0.05, 0.1) is 25.3 Å². The monoisotopic (exact) mass is 525 g/mol. The number of hydrogen-bond acceptors (Lipinski definition) is 7. The first-order chi connectivity index (χ1) is 17.6. The minimum atomic E-state index is -3.54. The number of benzene rings is 3. The summed E-state index contributed by atoms with van der Waals surface area (Å²) in [6, 6.07) is 17.3. The molecular weight excluding hydrogens is 498 g/mol. The van der Waals surface area contributed by atoms with Gasteiger partial charge in [0.1, 0.15) is 5.58 Å². The Hall–Kier alpha value is -4.12. The van der Waals surface area contributed by atoms with Crippen LogP contribution in [0.1, 0.15) is 36.4 Å². The molecule has 0 aliphatic rings. The summed E-state index contributed by atoms with van der Waals surface area (Å²) in [6.07, 6.45) is 0.912. The largest absolute Gasteiger partial charge is 0.493 e. The van der Waals surface area contributed by atoms with Crippen LogP contribution in [-0.4, -0.2) is 39.2 Å². The zero-order valence-electron chi connectivity index (χ0n) is 20.6. The fourth-order valence-electron chi connectivity index (χ4n) is 4.46. The van der Waals surface area contributed by atoms with Crippen LogP contribution >= 0.6 is 0 Å². The van der Waals surface area contributed by atoms with E-state index in [1.165, 1.54) is 7.11 Å². The molecule has 2 atom stereocenters. The molecule has 0 saturated heterocycles. The fourth-order valence-corrected chi connectivity index (χ4v) is 5.02. The topological polar surface area (TPSA) is 141 Å². The van der Waals surface area contributed by atoms with Crippen LogP contribution in [0.3, 0.4) is 0 Å².